The average Bonchev–Trinajstić information content (AvgIpc) is 3.34. The molecule has 0 saturated carbocycles. The predicted molar refractivity (Wildman–Crippen MR) is 99.4 cm³/mol. The molecule has 0 aliphatic carbocycles. The maximum Gasteiger partial charge on any atom is 0.453 e. The summed E-state index contributed by atoms with van der Waals surface area (Å²) in [6.45, 7) is 2.47. The zero-order valence-corrected chi connectivity index (χ0v) is 16.4. The molecule has 0 atom stereocenters. The van der Waals surface area contributed by atoms with Gasteiger partial charge in [-0.15, -0.1) is 5.10 Å². The molecule has 0 unspecified atom stereocenters. The number of hydrogen-bond acceptors (Lipinski definition) is 5. The maximum atomic E-state index is 12.9. The third-order valence-corrected chi connectivity index (χ3v) is 5.78. The number of piperidine rings is 1. The van der Waals surface area contributed by atoms with Gasteiger partial charge < -0.3 is 9.80 Å². The molecule has 2 saturated heterocycles. The topological polar surface area (TPSA) is 83.7 Å². The van der Waals surface area contributed by atoms with Gasteiger partial charge in [0.05, 0.1) is 5.69 Å². The van der Waals surface area contributed by atoms with E-state index >= 15 is 0 Å². The number of halogens is 3. The summed E-state index contributed by atoms with van der Waals surface area (Å²) < 4.78 is 40.0. The Hall–Kier alpha value is -2.72. The number of likely N-dealkylation sites (tertiary alicyclic amines) is 2. The first-order valence-electron chi connectivity index (χ1n) is 10.2. The number of hydrogen-bond donors (Lipinski definition) is 0. The molecule has 4 heterocycles. The van der Waals surface area contributed by atoms with Crippen LogP contribution in [0.5, 0.6) is 0 Å². The molecule has 2 amide bonds. The minimum absolute atomic E-state index is 0.0236. The van der Waals surface area contributed by atoms with Crippen molar-refractivity contribution in [1.82, 2.24) is 29.4 Å². The standard InChI is InChI=1S/C19H23F3N6O2/c20-19(21,22)17-24-18-23-8-5-14(28(18)25-17)13-6-11-27(12-7-13)16(30)4-2-10-26-9-1-3-15(26)29/h5,8,13H,1-4,6-7,9-12H2. The summed E-state index contributed by atoms with van der Waals surface area (Å²) in [5, 5.41) is 3.60. The summed E-state index contributed by atoms with van der Waals surface area (Å²) in [6.07, 6.45) is 0.615. The molecule has 2 aromatic heterocycles. The van der Waals surface area contributed by atoms with Crippen LogP contribution in [0.25, 0.3) is 5.78 Å². The molecule has 0 aromatic carbocycles. The van der Waals surface area contributed by atoms with Crippen molar-refractivity contribution in [3.05, 3.63) is 23.8 Å². The zero-order chi connectivity index (χ0) is 21.3. The Balaban J connectivity index is 1.33. The number of alkyl halides is 3. The highest BCUT2D eigenvalue weighted by molar-refractivity contribution is 5.78. The van der Waals surface area contributed by atoms with E-state index in [1.54, 1.807) is 11.0 Å². The molecule has 2 aliphatic heterocycles. The highest BCUT2D eigenvalue weighted by Gasteiger charge is 2.37. The Morgan fingerprint density at radius 1 is 1.20 bits per heavy atom. The molecule has 11 heteroatoms. The fourth-order valence-electron chi connectivity index (χ4n) is 4.19. The number of rotatable bonds is 5. The van der Waals surface area contributed by atoms with Crippen molar-refractivity contribution in [2.24, 2.45) is 0 Å². The van der Waals surface area contributed by atoms with Gasteiger partial charge in [-0.3, -0.25) is 9.59 Å². The monoisotopic (exact) mass is 424 g/mol. The van der Waals surface area contributed by atoms with E-state index in [4.69, 9.17) is 0 Å². The van der Waals surface area contributed by atoms with Crippen LogP contribution >= 0.6 is 0 Å². The van der Waals surface area contributed by atoms with Crippen molar-refractivity contribution in [3.8, 4) is 0 Å². The zero-order valence-electron chi connectivity index (χ0n) is 16.4. The summed E-state index contributed by atoms with van der Waals surface area (Å²) in [5.74, 6) is -1.08. The van der Waals surface area contributed by atoms with Crippen molar-refractivity contribution in [2.45, 2.75) is 50.6 Å². The van der Waals surface area contributed by atoms with Gasteiger partial charge in [-0.2, -0.15) is 18.2 Å². The smallest absolute Gasteiger partial charge is 0.343 e. The van der Waals surface area contributed by atoms with Crippen molar-refractivity contribution < 1.29 is 22.8 Å². The molecular weight excluding hydrogens is 401 g/mol. The Kier molecular flexibility index (Phi) is 5.61. The van der Waals surface area contributed by atoms with Crippen LogP contribution in [-0.4, -0.2) is 67.4 Å². The molecule has 0 bridgehead atoms. The highest BCUT2D eigenvalue weighted by Crippen LogP contribution is 2.30. The molecular formula is C19H23F3N6O2. The Morgan fingerprint density at radius 3 is 2.63 bits per heavy atom. The summed E-state index contributed by atoms with van der Waals surface area (Å²) in [4.78, 5) is 35.1. The first-order valence-corrected chi connectivity index (χ1v) is 10.2. The molecule has 2 aromatic rings. The van der Waals surface area contributed by atoms with Gasteiger partial charge in [0, 0.05) is 51.1 Å². The third-order valence-electron chi connectivity index (χ3n) is 5.78. The second-order valence-corrected chi connectivity index (χ2v) is 7.76. The second-order valence-electron chi connectivity index (χ2n) is 7.76. The maximum absolute atomic E-state index is 12.9. The van der Waals surface area contributed by atoms with E-state index in [9.17, 15) is 22.8 Å². The van der Waals surface area contributed by atoms with Crippen LogP contribution in [0, 0.1) is 0 Å². The Labute approximate surface area is 171 Å². The summed E-state index contributed by atoms with van der Waals surface area (Å²) in [6, 6.07) is 1.66. The van der Waals surface area contributed by atoms with E-state index in [1.165, 1.54) is 6.20 Å². The predicted octanol–water partition coefficient (Wildman–Crippen LogP) is 2.25. The lowest BCUT2D eigenvalue weighted by atomic mass is 9.93. The fraction of sp³-hybridized carbons (Fsp3) is 0.632. The molecule has 8 nitrogen and oxygen atoms in total. The van der Waals surface area contributed by atoms with Crippen LogP contribution < -0.4 is 0 Å². The normalized spacial score (nSPS) is 18.6. The van der Waals surface area contributed by atoms with Crippen molar-refractivity contribution >= 4 is 17.6 Å². The largest absolute Gasteiger partial charge is 0.453 e. The SMILES string of the molecule is O=C1CCCN1CCCC(=O)N1CCC(c2ccnc3nc(C(F)(F)F)nn23)CC1. The molecule has 0 radical (unpaired) electrons. The van der Waals surface area contributed by atoms with Gasteiger partial charge in [-0.25, -0.2) is 9.50 Å². The van der Waals surface area contributed by atoms with Crippen LogP contribution in [0.1, 0.15) is 56.0 Å². The minimum atomic E-state index is -4.62. The second kappa shape index (κ2) is 8.19. The van der Waals surface area contributed by atoms with E-state index in [-0.39, 0.29) is 23.5 Å². The van der Waals surface area contributed by atoms with Gasteiger partial charge in [0.1, 0.15) is 0 Å². The number of carbonyl (C=O) groups excluding carboxylic acids is 2. The summed E-state index contributed by atoms with van der Waals surface area (Å²) in [5.41, 5.74) is 0.627. The van der Waals surface area contributed by atoms with Gasteiger partial charge in [0.2, 0.25) is 11.8 Å². The van der Waals surface area contributed by atoms with E-state index in [0.29, 0.717) is 57.4 Å². The van der Waals surface area contributed by atoms with Crippen molar-refractivity contribution in [1.29, 1.82) is 0 Å². The lowest BCUT2D eigenvalue weighted by Crippen LogP contribution is -2.38. The number of nitrogens with zero attached hydrogens (tertiary/aromatic N) is 6. The lowest BCUT2D eigenvalue weighted by Gasteiger charge is -2.32. The van der Waals surface area contributed by atoms with Gasteiger partial charge in [-0.05, 0) is 31.7 Å². The van der Waals surface area contributed by atoms with E-state index in [1.807, 2.05) is 4.90 Å². The number of amides is 2. The number of fused-ring (bicyclic) bond motifs is 1. The van der Waals surface area contributed by atoms with Gasteiger partial charge >= 0.3 is 6.18 Å². The minimum Gasteiger partial charge on any atom is -0.343 e. The molecule has 0 spiro atoms. The first kappa shape index (κ1) is 20.5. The van der Waals surface area contributed by atoms with Gasteiger partial charge in [0.25, 0.3) is 11.6 Å². The molecule has 4 rings (SSSR count). The highest BCUT2D eigenvalue weighted by atomic mass is 19.4. The first-order chi connectivity index (χ1) is 14.3. The van der Waals surface area contributed by atoms with Crippen LogP contribution in [-0.2, 0) is 15.8 Å². The third kappa shape index (κ3) is 4.24. The average molecular weight is 424 g/mol. The van der Waals surface area contributed by atoms with Gasteiger partial charge in [-0.1, -0.05) is 0 Å². The molecule has 162 valence electrons. The fourth-order valence-corrected chi connectivity index (χ4v) is 4.19. The van der Waals surface area contributed by atoms with Crippen molar-refractivity contribution in [3.63, 3.8) is 0 Å². The van der Waals surface area contributed by atoms with E-state index in [0.717, 1.165) is 17.5 Å². The number of carbonyl (C=O) groups is 2. The molecule has 2 fully saturated rings. The van der Waals surface area contributed by atoms with E-state index in [2.05, 4.69) is 15.1 Å². The van der Waals surface area contributed by atoms with Crippen LogP contribution in [0.15, 0.2) is 12.3 Å². The lowest BCUT2D eigenvalue weighted by molar-refractivity contribution is -0.144. The molecule has 2 aliphatic rings. The quantitative estimate of drug-likeness (QED) is 0.735. The summed E-state index contributed by atoms with van der Waals surface area (Å²) in [7, 11) is 0. The van der Waals surface area contributed by atoms with Crippen molar-refractivity contribution in [2.75, 3.05) is 26.2 Å². The Bertz CT molecular complexity index is 936. The Morgan fingerprint density at radius 2 is 1.97 bits per heavy atom. The molecule has 0 N–H and O–H groups in total. The summed E-state index contributed by atoms with van der Waals surface area (Å²) >= 11 is 0. The van der Waals surface area contributed by atoms with Crippen LogP contribution in [0.4, 0.5) is 13.2 Å². The van der Waals surface area contributed by atoms with E-state index < -0.39 is 12.0 Å². The molecule has 30 heavy (non-hydrogen) atoms. The van der Waals surface area contributed by atoms with Gasteiger partial charge in [0.15, 0.2) is 0 Å². The number of aromatic nitrogens is 4. The van der Waals surface area contributed by atoms with Crippen LogP contribution in [0.3, 0.4) is 0 Å². The van der Waals surface area contributed by atoms with Crippen LogP contribution in [0.2, 0.25) is 0 Å².